The third kappa shape index (κ3) is 3.01. The van der Waals surface area contributed by atoms with Gasteiger partial charge in [-0.3, -0.25) is 4.57 Å². The van der Waals surface area contributed by atoms with Gasteiger partial charge in [-0.15, -0.1) is 22.7 Å². The van der Waals surface area contributed by atoms with E-state index in [1.165, 1.54) is 56.9 Å². The second-order valence-corrected chi connectivity index (χ2v) is 12.9. The highest BCUT2D eigenvalue weighted by Crippen LogP contribution is 2.45. The van der Waals surface area contributed by atoms with E-state index in [-0.39, 0.29) is 0 Å². The zero-order valence-corrected chi connectivity index (χ0v) is 23.8. The molecule has 0 aliphatic heterocycles. The Balaban J connectivity index is 1.34. The van der Waals surface area contributed by atoms with Crippen LogP contribution in [0.4, 0.5) is 0 Å². The molecule has 6 aromatic carbocycles. The molecule has 4 heterocycles. The van der Waals surface area contributed by atoms with Crippen LogP contribution in [0.3, 0.4) is 0 Å². The first kappa shape index (κ1) is 22.7. The molecule has 0 radical (unpaired) electrons. The fourth-order valence-corrected chi connectivity index (χ4v) is 8.95. The highest BCUT2D eigenvalue weighted by Gasteiger charge is 2.22. The molecule has 0 fully saturated rings. The maximum absolute atomic E-state index is 6.76. The molecule has 3 nitrogen and oxygen atoms in total. The number of hydrogen-bond donors (Lipinski definition) is 0. The summed E-state index contributed by atoms with van der Waals surface area (Å²) < 4.78 is 14.1. The van der Waals surface area contributed by atoms with Gasteiger partial charge in [-0.25, -0.2) is 0 Å². The van der Waals surface area contributed by atoms with Gasteiger partial charge in [-0.05, 0) is 42.0 Å². The Morgan fingerprint density at radius 2 is 1.26 bits per heavy atom. The van der Waals surface area contributed by atoms with Gasteiger partial charge < -0.3 is 4.42 Å². The molecule has 0 aliphatic carbocycles. The Morgan fingerprint density at radius 1 is 0.548 bits per heavy atom. The van der Waals surface area contributed by atoms with Crippen LogP contribution in [0, 0.1) is 0 Å². The van der Waals surface area contributed by atoms with E-state index in [0.29, 0.717) is 6.01 Å². The van der Waals surface area contributed by atoms with Crippen molar-refractivity contribution in [3.05, 3.63) is 121 Å². The number of rotatable bonds is 2. The van der Waals surface area contributed by atoms with E-state index >= 15 is 0 Å². The zero-order chi connectivity index (χ0) is 27.4. The molecule has 5 heteroatoms. The van der Waals surface area contributed by atoms with Crippen molar-refractivity contribution in [3.63, 3.8) is 0 Å². The Morgan fingerprint density at radius 3 is 2.12 bits per heavy atom. The molecule has 196 valence electrons. The predicted molar refractivity (Wildman–Crippen MR) is 180 cm³/mol. The van der Waals surface area contributed by atoms with E-state index in [1.54, 1.807) is 0 Å². The normalized spacial score (nSPS) is 12.3. The molecule has 0 amide bonds. The molecule has 10 aromatic rings. The van der Waals surface area contributed by atoms with Crippen LogP contribution in [0.2, 0.25) is 0 Å². The van der Waals surface area contributed by atoms with E-state index in [4.69, 9.17) is 9.40 Å². The summed E-state index contributed by atoms with van der Waals surface area (Å²) in [5.74, 6) is 0. The molecule has 0 spiro atoms. The SMILES string of the molecule is c1ccc(-c2cc3oc(-n4c5ccccc5c5cc6sc7ccccc7c6cc54)nc3c3c2sc2ccccc23)cc1. The Kier molecular flexibility index (Phi) is 4.48. The van der Waals surface area contributed by atoms with Crippen molar-refractivity contribution >= 4 is 95.9 Å². The topological polar surface area (TPSA) is 31.0 Å². The number of oxazole rings is 1. The van der Waals surface area contributed by atoms with Gasteiger partial charge in [0, 0.05) is 56.7 Å². The van der Waals surface area contributed by atoms with Crippen LogP contribution in [0.25, 0.3) is 90.4 Å². The fourth-order valence-electron chi connectivity index (χ4n) is 6.58. The van der Waals surface area contributed by atoms with E-state index in [2.05, 4.69) is 126 Å². The minimum atomic E-state index is 0.594. The van der Waals surface area contributed by atoms with Crippen LogP contribution in [0.1, 0.15) is 0 Å². The first-order chi connectivity index (χ1) is 20.8. The average Bonchev–Trinajstić information content (AvgIpc) is 3.79. The quantitative estimate of drug-likeness (QED) is 0.206. The molecule has 42 heavy (non-hydrogen) atoms. The summed E-state index contributed by atoms with van der Waals surface area (Å²) in [6, 6.07) is 43.9. The van der Waals surface area contributed by atoms with Gasteiger partial charge in [-0.2, -0.15) is 4.98 Å². The van der Waals surface area contributed by atoms with Crippen molar-refractivity contribution < 1.29 is 4.42 Å². The molecule has 4 aromatic heterocycles. The standard InChI is InChI=1S/C37H20N2OS2/c1-2-10-21(11-3-1)25-19-30-35(34-24-14-6-9-17-32(24)42-36(25)34)38-37(40-30)39-28-15-7-4-12-22(28)26-20-33-27(18-29(26)39)23-13-5-8-16-31(23)41-33/h1-20H. The lowest BCUT2D eigenvalue weighted by Crippen LogP contribution is -1.93. The van der Waals surface area contributed by atoms with Gasteiger partial charge >= 0.3 is 6.01 Å². The van der Waals surface area contributed by atoms with E-state index < -0.39 is 0 Å². The minimum Gasteiger partial charge on any atom is -0.423 e. The van der Waals surface area contributed by atoms with Crippen molar-refractivity contribution in [3.8, 4) is 17.1 Å². The second kappa shape index (κ2) is 8.29. The lowest BCUT2D eigenvalue weighted by atomic mass is 10.0. The van der Waals surface area contributed by atoms with Crippen LogP contribution < -0.4 is 0 Å². The Bertz CT molecular complexity index is 2690. The number of benzene rings is 6. The number of nitrogens with zero attached hydrogens (tertiary/aromatic N) is 2. The maximum Gasteiger partial charge on any atom is 0.307 e. The summed E-state index contributed by atoms with van der Waals surface area (Å²) in [6.45, 7) is 0. The van der Waals surface area contributed by atoms with Crippen molar-refractivity contribution in [2.45, 2.75) is 0 Å². The molecule has 0 bridgehead atoms. The monoisotopic (exact) mass is 572 g/mol. The van der Waals surface area contributed by atoms with Crippen LogP contribution in [0.5, 0.6) is 0 Å². The molecule has 10 rings (SSSR count). The van der Waals surface area contributed by atoms with Crippen molar-refractivity contribution in [1.82, 2.24) is 9.55 Å². The number of hydrogen-bond acceptors (Lipinski definition) is 4. The molecule has 0 saturated heterocycles. The number of para-hydroxylation sites is 1. The van der Waals surface area contributed by atoms with E-state index in [0.717, 1.165) is 27.5 Å². The number of thiophene rings is 2. The van der Waals surface area contributed by atoms with E-state index in [1.807, 2.05) is 22.7 Å². The van der Waals surface area contributed by atoms with Crippen LogP contribution in [-0.2, 0) is 0 Å². The largest absolute Gasteiger partial charge is 0.423 e. The number of aromatic nitrogens is 2. The van der Waals surface area contributed by atoms with Crippen LogP contribution in [-0.4, -0.2) is 9.55 Å². The smallest absolute Gasteiger partial charge is 0.307 e. The van der Waals surface area contributed by atoms with E-state index in [9.17, 15) is 0 Å². The van der Waals surface area contributed by atoms with Crippen molar-refractivity contribution in [1.29, 1.82) is 0 Å². The van der Waals surface area contributed by atoms with Gasteiger partial charge in [0.15, 0.2) is 5.58 Å². The predicted octanol–water partition coefficient (Wildman–Crippen LogP) is 11.3. The molecular weight excluding hydrogens is 553 g/mol. The lowest BCUT2D eigenvalue weighted by Gasteiger charge is -2.04. The van der Waals surface area contributed by atoms with Gasteiger partial charge in [0.25, 0.3) is 0 Å². The number of fused-ring (bicyclic) bond motifs is 11. The molecule has 0 N–H and O–H groups in total. The summed E-state index contributed by atoms with van der Waals surface area (Å²) in [6.07, 6.45) is 0. The summed E-state index contributed by atoms with van der Waals surface area (Å²) in [4.78, 5) is 5.28. The van der Waals surface area contributed by atoms with Crippen LogP contribution in [0.15, 0.2) is 126 Å². The van der Waals surface area contributed by atoms with Crippen molar-refractivity contribution in [2.75, 3.05) is 0 Å². The zero-order valence-electron chi connectivity index (χ0n) is 22.2. The molecule has 0 aliphatic rings. The average molecular weight is 573 g/mol. The first-order valence-electron chi connectivity index (χ1n) is 14.0. The fraction of sp³-hybridized carbons (Fsp3) is 0. The van der Waals surface area contributed by atoms with Gasteiger partial charge in [0.2, 0.25) is 0 Å². The highest BCUT2D eigenvalue weighted by molar-refractivity contribution is 7.26. The second-order valence-electron chi connectivity index (χ2n) is 10.8. The molecular formula is C37H20N2OS2. The minimum absolute atomic E-state index is 0.594. The first-order valence-corrected chi connectivity index (χ1v) is 15.6. The van der Waals surface area contributed by atoms with Gasteiger partial charge in [-0.1, -0.05) is 84.9 Å². The summed E-state index contributed by atoms with van der Waals surface area (Å²) >= 11 is 3.68. The third-order valence-corrected chi connectivity index (χ3v) is 10.8. The summed E-state index contributed by atoms with van der Waals surface area (Å²) in [5.41, 5.74) is 6.26. The molecule has 0 saturated carbocycles. The Hall–Kier alpha value is -4.97. The highest BCUT2D eigenvalue weighted by atomic mass is 32.1. The molecule has 0 unspecified atom stereocenters. The lowest BCUT2D eigenvalue weighted by molar-refractivity contribution is 0.574. The van der Waals surface area contributed by atoms with Crippen LogP contribution >= 0.6 is 22.7 Å². The molecule has 0 atom stereocenters. The summed E-state index contributed by atoms with van der Waals surface area (Å²) in [5, 5.41) is 7.34. The maximum atomic E-state index is 6.76. The Labute approximate surface area is 247 Å². The van der Waals surface area contributed by atoms with Gasteiger partial charge in [0.1, 0.15) is 5.52 Å². The van der Waals surface area contributed by atoms with Gasteiger partial charge in [0.05, 0.1) is 11.0 Å². The van der Waals surface area contributed by atoms with Crippen molar-refractivity contribution in [2.24, 2.45) is 0 Å². The summed E-state index contributed by atoms with van der Waals surface area (Å²) in [7, 11) is 0. The third-order valence-electron chi connectivity index (χ3n) is 8.44.